The van der Waals surface area contributed by atoms with Crippen molar-refractivity contribution in [1.29, 1.82) is 0 Å². The summed E-state index contributed by atoms with van der Waals surface area (Å²) in [7, 11) is 1.63. The van der Waals surface area contributed by atoms with Crippen molar-refractivity contribution in [2.75, 3.05) is 179 Å². The molecule has 4 aliphatic rings. The van der Waals surface area contributed by atoms with E-state index in [2.05, 4.69) is 16.0 Å². The molecule has 0 bridgehead atoms. The molecule has 4 rings (SSSR count). The normalized spacial score (nSPS) is 27.4. The van der Waals surface area contributed by atoms with Crippen molar-refractivity contribution < 1.29 is 160 Å². The Balaban J connectivity index is 0.0000216. The summed E-state index contributed by atoms with van der Waals surface area (Å²) in [5.41, 5.74) is 0. The number of aliphatic hydroxyl groups excluding tert-OH is 5. The van der Waals surface area contributed by atoms with Gasteiger partial charge < -0.3 is 132 Å². The molecule has 0 aromatic rings. The van der Waals surface area contributed by atoms with Gasteiger partial charge in [0.15, 0.2) is 12.6 Å². The SMILES string of the molecule is CCC1CC(C(=O)NCCNC(=O)CCOCCOCCOCCOCCOCCOCCOCCOCCOCCOCCOCCOC)CC(OC2OC(CO)C(O)C(OC(CC3CCCCC3)C(=O)[O-])C2NC(C)=O)C1OC1OC(C)C(O)C(O)C1O.[Na+]. The van der Waals surface area contributed by atoms with Crippen LogP contribution in [0.5, 0.6) is 0 Å². The van der Waals surface area contributed by atoms with Crippen molar-refractivity contribution in [3.8, 4) is 0 Å². The van der Waals surface area contributed by atoms with Gasteiger partial charge in [-0.2, -0.15) is 0 Å². The quantitative estimate of drug-likeness (QED) is 0.0208. The number of carboxylic acids is 1. The maximum atomic E-state index is 14.0. The third kappa shape index (κ3) is 34.2. The minimum atomic E-state index is -1.69. The number of carboxylic acid groups (broad SMARTS) is 1. The Kier molecular flexibility index (Phi) is 46.9. The number of carbonyl (C=O) groups is 4. The molecule has 3 amide bonds. The third-order valence-corrected chi connectivity index (χ3v) is 15.7. The second-order valence-corrected chi connectivity index (χ2v) is 22.5. The van der Waals surface area contributed by atoms with Gasteiger partial charge in [-0.1, -0.05) is 45.4 Å². The van der Waals surface area contributed by atoms with E-state index in [4.69, 9.17) is 80.5 Å². The average molecular weight is 1330 g/mol. The van der Waals surface area contributed by atoms with Crippen LogP contribution in [0.15, 0.2) is 0 Å². The van der Waals surface area contributed by atoms with Gasteiger partial charge in [0.25, 0.3) is 0 Å². The molecule has 2 saturated carbocycles. The molecule has 31 heteroatoms. The third-order valence-electron chi connectivity index (χ3n) is 15.7. The zero-order valence-electron chi connectivity index (χ0n) is 54.4. The number of amides is 3. The topological polar surface area (TPSA) is 385 Å². The number of rotatable bonds is 52. The Hall–Kier alpha value is -2.00. The number of aliphatic carboxylic acids is 1. The van der Waals surface area contributed by atoms with E-state index in [0.29, 0.717) is 145 Å². The van der Waals surface area contributed by atoms with E-state index in [1.54, 1.807) is 7.11 Å². The molecule has 526 valence electrons. The number of methoxy groups -OCH3 is 1. The Labute approximate surface area is 558 Å². The van der Waals surface area contributed by atoms with Crippen LogP contribution >= 0.6 is 0 Å². The fourth-order valence-electron chi connectivity index (χ4n) is 10.8. The second-order valence-electron chi connectivity index (χ2n) is 22.5. The number of carbonyl (C=O) groups excluding carboxylic acids is 4. The van der Waals surface area contributed by atoms with Crippen molar-refractivity contribution in [3.63, 3.8) is 0 Å². The molecule has 2 aliphatic carbocycles. The smallest absolute Gasteiger partial charge is 0.547 e. The van der Waals surface area contributed by atoms with Crippen LogP contribution in [-0.2, 0) is 99.7 Å². The van der Waals surface area contributed by atoms with Gasteiger partial charge in [0.2, 0.25) is 17.7 Å². The number of aliphatic hydroxyl groups is 5. The molecule has 15 unspecified atom stereocenters. The largest absolute Gasteiger partial charge is 1.00 e. The first-order chi connectivity index (χ1) is 43.7. The summed E-state index contributed by atoms with van der Waals surface area (Å²) in [5.74, 6) is -3.98. The van der Waals surface area contributed by atoms with E-state index in [1.807, 2.05) is 6.92 Å². The van der Waals surface area contributed by atoms with Gasteiger partial charge in [0.1, 0.15) is 42.7 Å². The second kappa shape index (κ2) is 51.3. The monoisotopic (exact) mass is 1330 g/mol. The van der Waals surface area contributed by atoms with Crippen molar-refractivity contribution >= 4 is 23.7 Å². The summed E-state index contributed by atoms with van der Waals surface area (Å²) in [5, 5.41) is 75.0. The molecule has 4 fully saturated rings. The molecule has 2 aliphatic heterocycles. The van der Waals surface area contributed by atoms with Crippen LogP contribution < -0.4 is 50.6 Å². The molecule has 0 aromatic carbocycles. The Bertz CT molecular complexity index is 1870. The van der Waals surface area contributed by atoms with Crippen LogP contribution in [0.4, 0.5) is 0 Å². The Morgan fingerprint density at radius 2 is 1.04 bits per heavy atom. The van der Waals surface area contributed by atoms with E-state index in [0.717, 1.165) is 32.1 Å². The maximum Gasteiger partial charge on any atom is 1.00 e. The van der Waals surface area contributed by atoms with Gasteiger partial charge in [-0.3, -0.25) is 14.4 Å². The molecule has 2 heterocycles. The summed E-state index contributed by atoms with van der Waals surface area (Å²) in [6.07, 6.45) is -11.6. The Morgan fingerprint density at radius 1 is 0.571 bits per heavy atom. The Morgan fingerprint density at radius 3 is 1.49 bits per heavy atom. The van der Waals surface area contributed by atoms with Crippen LogP contribution in [0, 0.1) is 17.8 Å². The van der Waals surface area contributed by atoms with Crippen LogP contribution in [0.25, 0.3) is 0 Å². The summed E-state index contributed by atoms with van der Waals surface area (Å²) in [6.45, 7) is 13.9. The van der Waals surface area contributed by atoms with Gasteiger partial charge >= 0.3 is 29.6 Å². The van der Waals surface area contributed by atoms with Crippen LogP contribution in [-0.4, -0.2) is 308 Å². The fourth-order valence-corrected chi connectivity index (χ4v) is 10.8. The van der Waals surface area contributed by atoms with E-state index in [1.165, 1.54) is 13.8 Å². The van der Waals surface area contributed by atoms with E-state index >= 15 is 0 Å². The van der Waals surface area contributed by atoms with Crippen LogP contribution in [0.3, 0.4) is 0 Å². The molecule has 8 N–H and O–H groups in total. The first kappa shape index (κ1) is 83.2. The molecule has 0 spiro atoms. The molecule has 2 saturated heterocycles. The molecule has 15 atom stereocenters. The van der Waals surface area contributed by atoms with Crippen molar-refractivity contribution in [1.82, 2.24) is 16.0 Å². The van der Waals surface area contributed by atoms with E-state index in [9.17, 15) is 49.8 Å². The first-order valence-corrected chi connectivity index (χ1v) is 32.2. The zero-order valence-corrected chi connectivity index (χ0v) is 56.4. The average Bonchev–Trinajstić information content (AvgIpc) is 0.989. The summed E-state index contributed by atoms with van der Waals surface area (Å²) in [6, 6.07) is -1.37. The van der Waals surface area contributed by atoms with Crippen molar-refractivity contribution in [2.45, 2.75) is 165 Å². The summed E-state index contributed by atoms with van der Waals surface area (Å²) in [4.78, 5) is 52.0. The fraction of sp³-hybridized carbons (Fsp3) is 0.933. The van der Waals surface area contributed by atoms with Crippen molar-refractivity contribution in [3.05, 3.63) is 0 Å². The van der Waals surface area contributed by atoms with Crippen LogP contribution in [0.2, 0.25) is 0 Å². The van der Waals surface area contributed by atoms with Gasteiger partial charge in [0, 0.05) is 39.5 Å². The van der Waals surface area contributed by atoms with Gasteiger partial charge in [-0.15, -0.1) is 0 Å². The number of hydrogen-bond acceptors (Lipinski definition) is 27. The minimum absolute atomic E-state index is 0. The van der Waals surface area contributed by atoms with Gasteiger partial charge in [-0.05, 0) is 38.0 Å². The predicted molar refractivity (Wildman–Crippen MR) is 314 cm³/mol. The number of hydrogen-bond donors (Lipinski definition) is 8. The number of nitrogens with one attached hydrogen (secondary N) is 3. The molecule has 30 nitrogen and oxygen atoms in total. The zero-order chi connectivity index (χ0) is 65.1. The van der Waals surface area contributed by atoms with Gasteiger partial charge in [0.05, 0.1) is 189 Å². The molecule has 91 heavy (non-hydrogen) atoms. The summed E-state index contributed by atoms with van der Waals surface area (Å²) < 4.78 is 96.4. The number of ether oxygens (including phenoxy) is 17. The first-order valence-electron chi connectivity index (χ1n) is 32.2. The standard InChI is InChI=1S/C60H109N3O27.Na/c1-5-44-38-45(39-46(55(44)90-60-54(70)53(69)51(67)41(2)86-60)88-59-50(63-42(3)65)56(52(68)48(40-64)89-59)87-47(58(72)73)37-43-9-7-6-8-10-43)57(71)62-13-12-61-49(66)11-14-75-17-18-77-21-22-79-25-26-81-29-30-83-33-34-85-36-35-84-32-31-82-28-27-80-24-23-78-20-19-76-16-15-74-4;/h41,43-48,50-56,59-60,64,67-70H,5-40H2,1-4H3,(H,61,66)(H,62,71)(H,63,65)(H,72,73);/q;+1/p-1. The van der Waals surface area contributed by atoms with E-state index in [-0.39, 0.29) is 99.3 Å². The minimum Gasteiger partial charge on any atom is -0.547 e. The molecule has 0 radical (unpaired) electrons. The van der Waals surface area contributed by atoms with Crippen LogP contribution in [0.1, 0.15) is 85.0 Å². The van der Waals surface area contributed by atoms with E-state index < -0.39 is 110 Å². The molecule has 0 aromatic heterocycles. The van der Waals surface area contributed by atoms with Gasteiger partial charge in [-0.25, -0.2) is 0 Å². The maximum absolute atomic E-state index is 14.0. The molecular weight excluding hydrogens is 1220 g/mol. The summed E-state index contributed by atoms with van der Waals surface area (Å²) >= 11 is 0. The van der Waals surface area contributed by atoms with Crippen molar-refractivity contribution in [2.24, 2.45) is 17.8 Å². The predicted octanol–water partition coefficient (Wildman–Crippen LogP) is -5.47. The molecular formula is C60H108N3NaO27.